The number of thioether (sulfide) groups is 1. The second-order valence-corrected chi connectivity index (χ2v) is 7.12. The zero-order valence-electron chi connectivity index (χ0n) is 13.0. The smallest absolute Gasteiger partial charge is 0.406 e. The van der Waals surface area contributed by atoms with Gasteiger partial charge < -0.3 is 4.74 Å². The van der Waals surface area contributed by atoms with E-state index in [9.17, 15) is 18.0 Å². The molecule has 0 heterocycles. The van der Waals surface area contributed by atoms with Crippen molar-refractivity contribution in [3.05, 3.63) is 69.2 Å². The highest BCUT2D eigenvalue weighted by atomic mass is 79.9. The quantitative estimate of drug-likeness (QED) is 0.572. The highest BCUT2D eigenvalue weighted by molar-refractivity contribution is 9.10. The van der Waals surface area contributed by atoms with Gasteiger partial charge in [-0.05, 0) is 47.7 Å². The van der Waals surface area contributed by atoms with Crippen LogP contribution in [-0.2, 0) is 6.42 Å². The lowest BCUT2D eigenvalue weighted by atomic mass is 10.1. The summed E-state index contributed by atoms with van der Waals surface area (Å²) < 4.78 is 41.6. The molecule has 0 aromatic heterocycles. The summed E-state index contributed by atoms with van der Waals surface area (Å²) in [7, 11) is 0. The lowest BCUT2D eigenvalue weighted by Crippen LogP contribution is -2.17. The van der Waals surface area contributed by atoms with E-state index < -0.39 is 6.36 Å². The number of fused-ring (bicyclic) bond motifs is 1. The monoisotopic (exact) mass is 428 g/mol. The molecule has 25 heavy (non-hydrogen) atoms. The fraction of sp³-hybridized carbons (Fsp3) is 0.167. The van der Waals surface area contributed by atoms with Crippen LogP contribution in [0.1, 0.15) is 21.5 Å². The highest BCUT2D eigenvalue weighted by Crippen LogP contribution is 2.38. The summed E-state index contributed by atoms with van der Waals surface area (Å²) >= 11 is 4.80. The first kappa shape index (κ1) is 18.1. The van der Waals surface area contributed by atoms with Crippen LogP contribution in [0, 0.1) is 0 Å². The number of hydrogen-bond acceptors (Lipinski definition) is 3. The third kappa shape index (κ3) is 3.93. The zero-order valence-corrected chi connectivity index (χ0v) is 15.4. The Morgan fingerprint density at radius 1 is 1.16 bits per heavy atom. The first-order valence-electron chi connectivity index (χ1n) is 7.25. The van der Waals surface area contributed by atoms with E-state index in [4.69, 9.17) is 0 Å². The van der Waals surface area contributed by atoms with Crippen LogP contribution < -0.4 is 4.74 Å². The molecular formula is C18H12BrF3O2S. The van der Waals surface area contributed by atoms with Crippen molar-refractivity contribution in [2.24, 2.45) is 0 Å². The molecule has 0 atom stereocenters. The summed E-state index contributed by atoms with van der Waals surface area (Å²) in [5.41, 5.74) is 2.96. The Hall–Kier alpha value is -1.73. The fourth-order valence-electron chi connectivity index (χ4n) is 2.77. The molecule has 2 aromatic rings. The third-order valence-electron chi connectivity index (χ3n) is 3.78. The van der Waals surface area contributed by atoms with Crippen molar-refractivity contribution in [2.45, 2.75) is 12.8 Å². The first-order chi connectivity index (χ1) is 11.8. The zero-order chi connectivity index (χ0) is 18.2. The maximum absolute atomic E-state index is 12.7. The van der Waals surface area contributed by atoms with E-state index in [1.54, 1.807) is 6.07 Å². The summed E-state index contributed by atoms with van der Waals surface area (Å²) in [5, 5.41) is 0. The number of carbonyl (C=O) groups is 1. The number of Topliss-reactive ketones (excluding diaryl/α,β-unsaturated/α-hetero) is 1. The predicted octanol–water partition coefficient (Wildman–Crippen LogP) is 5.86. The topological polar surface area (TPSA) is 26.3 Å². The molecule has 7 heteroatoms. The van der Waals surface area contributed by atoms with Gasteiger partial charge in [-0.2, -0.15) is 0 Å². The maximum atomic E-state index is 12.7. The number of hydrogen-bond donors (Lipinski definition) is 0. The molecule has 1 aliphatic rings. The number of benzene rings is 2. The van der Waals surface area contributed by atoms with Crippen molar-refractivity contribution >= 4 is 38.4 Å². The molecule has 2 nitrogen and oxygen atoms in total. The molecule has 0 fully saturated rings. The van der Waals surface area contributed by atoms with E-state index in [2.05, 4.69) is 20.7 Å². The number of allylic oxidation sites excluding steroid dienone is 1. The third-order valence-corrected chi connectivity index (χ3v) is 5.17. The number of ether oxygens (including phenoxy) is 1. The van der Waals surface area contributed by atoms with Crippen molar-refractivity contribution < 1.29 is 22.7 Å². The van der Waals surface area contributed by atoms with Crippen LogP contribution in [0.25, 0.3) is 4.91 Å². The number of rotatable bonds is 3. The van der Waals surface area contributed by atoms with Crippen molar-refractivity contribution in [3.63, 3.8) is 0 Å². The van der Waals surface area contributed by atoms with Crippen molar-refractivity contribution in [1.29, 1.82) is 0 Å². The second kappa shape index (κ2) is 6.88. The van der Waals surface area contributed by atoms with Crippen LogP contribution in [0.15, 0.2) is 52.5 Å². The molecule has 0 saturated heterocycles. The molecule has 0 unspecified atom stereocenters. The normalized spacial score (nSPS) is 16.0. The minimum atomic E-state index is -4.72. The lowest BCUT2D eigenvalue weighted by molar-refractivity contribution is -0.274. The Bertz CT molecular complexity index is 858. The number of alkyl halides is 3. The van der Waals surface area contributed by atoms with Gasteiger partial charge in [0.1, 0.15) is 5.75 Å². The van der Waals surface area contributed by atoms with Crippen molar-refractivity contribution in [2.75, 3.05) is 6.26 Å². The molecule has 0 spiro atoms. The second-order valence-electron chi connectivity index (χ2n) is 5.39. The minimum absolute atomic E-state index is 0.0394. The first-order valence-corrected chi connectivity index (χ1v) is 9.26. The molecule has 0 amide bonds. The molecule has 0 N–H and O–H groups in total. The van der Waals surface area contributed by atoms with Gasteiger partial charge in [-0.3, -0.25) is 4.79 Å². The molecule has 3 rings (SSSR count). The number of ketones is 1. The van der Waals surface area contributed by atoms with Crippen molar-refractivity contribution in [1.82, 2.24) is 0 Å². The minimum Gasteiger partial charge on any atom is -0.406 e. The summed E-state index contributed by atoms with van der Waals surface area (Å²) in [6.07, 6.45) is -2.38. The Morgan fingerprint density at radius 2 is 1.84 bits per heavy atom. The van der Waals surface area contributed by atoms with Crippen LogP contribution in [0.5, 0.6) is 5.75 Å². The van der Waals surface area contributed by atoms with Gasteiger partial charge in [-0.15, -0.1) is 24.9 Å². The van der Waals surface area contributed by atoms with Crippen LogP contribution in [-0.4, -0.2) is 18.4 Å². The van der Waals surface area contributed by atoms with Gasteiger partial charge in [0.25, 0.3) is 0 Å². The highest BCUT2D eigenvalue weighted by Gasteiger charge is 2.31. The fourth-order valence-corrected chi connectivity index (χ4v) is 3.96. The van der Waals surface area contributed by atoms with Gasteiger partial charge in [-0.25, -0.2) is 0 Å². The summed E-state index contributed by atoms with van der Waals surface area (Å²) in [6.45, 7) is 0. The molecule has 130 valence electrons. The van der Waals surface area contributed by atoms with E-state index in [0.717, 1.165) is 14.9 Å². The molecule has 2 aromatic carbocycles. The lowest BCUT2D eigenvalue weighted by Gasteiger charge is -2.11. The predicted molar refractivity (Wildman–Crippen MR) is 95.7 cm³/mol. The Balaban J connectivity index is 1.95. The summed E-state index contributed by atoms with van der Waals surface area (Å²) in [4.78, 5) is 13.4. The van der Waals surface area contributed by atoms with Crippen LogP contribution >= 0.6 is 27.7 Å². The van der Waals surface area contributed by atoms with E-state index in [1.807, 2.05) is 18.4 Å². The molecule has 0 radical (unpaired) electrons. The summed E-state index contributed by atoms with van der Waals surface area (Å²) in [5.74, 6) is -0.325. The maximum Gasteiger partial charge on any atom is 0.573 e. The average molecular weight is 429 g/mol. The van der Waals surface area contributed by atoms with Crippen LogP contribution in [0.2, 0.25) is 0 Å². The number of carbonyl (C=O) groups excluding carboxylic acids is 1. The summed E-state index contributed by atoms with van der Waals surface area (Å²) in [6, 6.07) is 11.1. The van der Waals surface area contributed by atoms with Gasteiger partial charge in [0.15, 0.2) is 5.78 Å². The largest absolute Gasteiger partial charge is 0.573 e. The Kier molecular flexibility index (Phi) is 4.97. The van der Waals surface area contributed by atoms with Gasteiger partial charge in [0, 0.05) is 26.9 Å². The van der Waals surface area contributed by atoms with Crippen LogP contribution in [0.4, 0.5) is 13.2 Å². The van der Waals surface area contributed by atoms with E-state index in [-0.39, 0.29) is 11.5 Å². The van der Waals surface area contributed by atoms with Gasteiger partial charge >= 0.3 is 6.36 Å². The van der Waals surface area contributed by atoms with Crippen LogP contribution in [0.3, 0.4) is 0 Å². The van der Waals surface area contributed by atoms with E-state index in [1.165, 1.54) is 36.0 Å². The Morgan fingerprint density at radius 3 is 2.44 bits per heavy atom. The van der Waals surface area contributed by atoms with E-state index >= 15 is 0 Å². The molecule has 1 aliphatic carbocycles. The van der Waals surface area contributed by atoms with Crippen molar-refractivity contribution in [3.8, 4) is 5.75 Å². The molecule has 0 aliphatic heterocycles. The van der Waals surface area contributed by atoms with Gasteiger partial charge in [0.05, 0.1) is 0 Å². The van der Waals surface area contributed by atoms with Gasteiger partial charge in [-0.1, -0.05) is 28.1 Å². The SMILES string of the molecule is CSC(=C1Cc2cc(Br)ccc2C1=O)c1ccc(OC(F)(F)F)cc1. The standard InChI is InChI=1S/C18H12BrF3O2S/c1-25-17(10-2-5-13(6-3-10)24-18(20,21)22)15-9-11-8-12(19)4-7-14(11)16(15)23/h2-8H,9H2,1H3. The molecular weight excluding hydrogens is 417 g/mol. The Labute approximate surface area is 155 Å². The molecule has 0 bridgehead atoms. The van der Waals surface area contributed by atoms with E-state index in [0.29, 0.717) is 23.1 Å². The van der Waals surface area contributed by atoms with Gasteiger partial charge in [0.2, 0.25) is 0 Å². The molecule has 0 saturated carbocycles. The number of halogens is 4. The average Bonchev–Trinajstić information content (AvgIpc) is 2.84.